The summed E-state index contributed by atoms with van der Waals surface area (Å²) in [4.78, 5) is 0. The first-order valence-electron chi connectivity index (χ1n) is 9.66. The van der Waals surface area contributed by atoms with Gasteiger partial charge in [0.15, 0.2) is 11.6 Å². The Balaban J connectivity index is 1.55. The van der Waals surface area contributed by atoms with Crippen molar-refractivity contribution in [1.82, 2.24) is 0 Å². The predicted octanol–water partition coefficient (Wildman–Crippen LogP) is 6.93. The van der Waals surface area contributed by atoms with Crippen molar-refractivity contribution in [2.24, 2.45) is 17.8 Å². The third kappa shape index (κ3) is 3.90. The summed E-state index contributed by atoms with van der Waals surface area (Å²) in [7, 11) is 0. The Bertz CT molecular complexity index is 551. The van der Waals surface area contributed by atoms with Crippen LogP contribution in [0.5, 0.6) is 0 Å². The molecule has 0 N–H and O–H groups in total. The molecule has 0 amide bonds. The van der Waals surface area contributed by atoms with Crippen LogP contribution in [0.2, 0.25) is 0 Å². The van der Waals surface area contributed by atoms with Crippen molar-refractivity contribution in [2.75, 3.05) is 0 Å². The van der Waals surface area contributed by atoms with Crippen molar-refractivity contribution in [3.8, 4) is 0 Å². The number of hydrogen-bond donors (Lipinski definition) is 0. The number of halogens is 2. The average Bonchev–Trinajstić information content (AvgIpc) is 2.60. The summed E-state index contributed by atoms with van der Waals surface area (Å²) in [5.41, 5.74) is 1.44. The molecule has 2 aliphatic carbocycles. The standard InChI is InChI=1S/C22H30F2/c1-3-4-16-5-7-17(8-6-16)18-9-11-19(12-10-18)20-13-15(2)22(24)21(23)14-20/h3-4,13-14,16-19H,5-12H2,1-2H3/b4-3+. The normalized spacial score (nSPS) is 31.5. The first kappa shape index (κ1) is 17.6. The molecule has 2 fully saturated rings. The van der Waals surface area contributed by atoms with Gasteiger partial charge < -0.3 is 0 Å². The van der Waals surface area contributed by atoms with Gasteiger partial charge in [-0.2, -0.15) is 0 Å². The van der Waals surface area contributed by atoms with Crippen LogP contribution in [-0.2, 0) is 0 Å². The van der Waals surface area contributed by atoms with Gasteiger partial charge >= 0.3 is 0 Å². The third-order valence-corrected chi connectivity index (χ3v) is 6.42. The van der Waals surface area contributed by atoms with E-state index in [1.54, 1.807) is 6.92 Å². The van der Waals surface area contributed by atoms with Gasteiger partial charge in [0.2, 0.25) is 0 Å². The molecule has 2 saturated carbocycles. The van der Waals surface area contributed by atoms with E-state index in [9.17, 15) is 8.78 Å². The fourth-order valence-electron chi connectivity index (χ4n) is 4.99. The highest BCUT2D eigenvalue weighted by Gasteiger charge is 2.31. The van der Waals surface area contributed by atoms with Gasteiger partial charge in [0.25, 0.3) is 0 Å². The van der Waals surface area contributed by atoms with Gasteiger partial charge in [-0.3, -0.25) is 0 Å². The van der Waals surface area contributed by atoms with Crippen LogP contribution in [0.15, 0.2) is 24.3 Å². The molecule has 132 valence electrons. The molecular formula is C22H30F2. The number of hydrogen-bond acceptors (Lipinski definition) is 0. The second-order valence-corrected chi connectivity index (χ2v) is 7.95. The summed E-state index contributed by atoms with van der Waals surface area (Å²) in [6, 6.07) is 3.28. The quantitative estimate of drug-likeness (QED) is 0.526. The monoisotopic (exact) mass is 332 g/mol. The van der Waals surface area contributed by atoms with Crippen LogP contribution < -0.4 is 0 Å². The molecule has 2 aliphatic rings. The second kappa shape index (κ2) is 7.80. The van der Waals surface area contributed by atoms with E-state index >= 15 is 0 Å². The minimum atomic E-state index is -0.690. The van der Waals surface area contributed by atoms with Crippen LogP contribution in [-0.4, -0.2) is 0 Å². The number of aryl methyl sites for hydroxylation is 1. The van der Waals surface area contributed by atoms with E-state index in [2.05, 4.69) is 19.1 Å². The second-order valence-electron chi connectivity index (χ2n) is 7.95. The third-order valence-electron chi connectivity index (χ3n) is 6.42. The Morgan fingerprint density at radius 2 is 1.46 bits per heavy atom. The van der Waals surface area contributed by atoms with Gasteiger partial charge in [0.1, 0.15) is 0 Å². The molecule has 24 heavy (non-hydrogen) atoms. The van der Waals surface area contributed by atoms with Crippen LogP contribution in [0.4, 0.5) is 8.78 Å². The molecule has 0 bridgehead atoms. The van der Waals surface area contributed by atoms with E-state index in [0.29, 0.717) is 11.5 Å². The van der Waals surface area contributed by atoms with Gasteiger partial charge in [-0.15, -0.1) is 0 Å². The van der Waals surface area contributed by atoms with Crippen molar-refractivity contribution in [2.45, 2.75) is 71.1 Å². The molecular weight excluding hydrogens is 302 g/mol. The van der Waals surface area contributed by atoms with Gasteiger partial charge in [-0.25, -0.2) is 8.78 Å². The zero-order valence-electron chi connectivity index (χ0n) is 15.0. The fraction of sp³-hybridized carbons (Fsp3) is 0.636. The lowest BCUT2D eigenvalue weighted by Gasteiger charge is -2.37. The molecule has 1 aromatic carbocycles. The van der Waals surface area contributed by atoms with Crippen LogP contribution in [0.25, 0.3) is 0 Å². The average molecular weight is 332 g/mol. The largest absolute Gasteiger partial charge is 0.204 e. The summed E-state index contributed by atoms with van der Waals surface area (Å²) >= 11 is 0. The SMILES string of the molecule is C/C=C/C1CCC(C2CCC(c3cc(C)c(F)c(F)c3)CC2)CC1. The van der Waals surface area contributed by atoms with Gasteiger partial charge in [-0.05, 0) is 106 Å². The Kier molecular flexibility index (Phi) is 5.73. The Hall–Kier alpha value is -1.18. The Labute approximate surface area is 145 Å². The first-order valence-corrected chi connectivity index (χ1v) is 9.66. The van der Waals surface area contributed by atoms with E-state index < -0.39 is 11.6 Å². The minimum absolute atomic E-state index is 0.411. The van der Waals surface area contributed by atoms with Gasteiger partial charge in [-0.1, -0.05) is 18.2 Å². The minimum Gasteiger partial charge on any atom is -0.204 e. The zero-order valence-corrected chi connectivity index (χ0v) is 15.0. The lowest BCUT2D eigenvalue weighted by Crippen LogP contribution is -2.25. The van der Waals surface area contributed by atoms with Crippen molar-refractivity contribution >= 4 is 0 Å². The maximum atomic E-state index is 13.7. The number of benzene rings is 1. The summed E-state index contributed by atoms with van der Waals surface area (Å²) in [5, 5.41) is 0. The molecule has 0 aromatic heterocycles. The van der Waals surface area contributed by atoms with Crippen LogP contribution >= 0.6 is 0 Å². The highest BCUT2D eigenvalue weighted by molar-refractivity contribution is 5.28. The molecule has 1 aromatic rings. The lowest BCUT2D eigenvalue weighted by atomic mass is 9.68. The first-order chi connectivity index (χ1) is 11.6. The van der Waals surface area contributed by atoms with E-state index in [1.165, 1.54) is 44.6 Å². The highest BCUT2D eigenvalue weighted by Crippen LogP contribution is 2.44. The van der Waals surface area contributed by atoms with E-state index in [4.69, 9.17) is 0 Å². The molecule has 2 heteroatoms. The maximum Gasteiger partial charge on any atom is 0.161 e. The lowest BCUT2D eigenvalue weighted by molar-refractivity contribution is 0.171. The van der Waals surface area contributed by atoms with Crippen molar-refractivity contribution in [1.29, 1.82) is 0 Å². The number of rotatable bonds is 3. The van der Waals surface area contributed by atoms with Gasteiger partial charge in [0, 0.05) is 0 Å². The summed E-state index contributed by atoms with van der Waals surface area (Å²) < 4.78 is 27.2. The van der Waals surface area contributed by atoms with Crippen LogP contribution in [0.3, 0.4) is 0 Å². The molecule has 0 unspecified atom stereocenters. The van der Waals surface area contributed by atoms with Crippen LogP contribution in [0, 0.1) is 36.3 Å². The molecule has 0 aliphatic heterocycles. The van der Waals surface area contributed by atoms with E-state index in [-0.39, 0.29) is 0 Å². The van der Waals surface area contributed by atoms with Crippen molar-refractivity contribution in [3.63, 3.8) is 0 Å². The smallest absolute Gasteiger partial charge is 0.161 e. The fourth-order valence-corrected chi connectivity index (χ4v) is 4.99. The highest BCUT2D eigenvalue weighted by atomic mass is 19.2. The molecule has 0 nitrogen and oxygen atoms in total. The van der Waals surface area contributed by atoms with E-state index in [1.807, 2.05) is 6.07 Å². The maximum absolute atomic E-state index is 13.7. The molecule has 3 rings (SSSR count). The predicted molar refractivity (Wildman–Crippen MR) is 96.1 cm³/mol. The van der Waals surface area contributed by atoms with Crippen molar-refractivity contribution < 1.29 is 8.78 Å². The Morgan fingerprint density at radius 1 is 0.875 bits per heavy atom. The summed E-state index contributed by atoms with van der Waals surface area (Å²) in [6.07, 6.45) is 14.8. The number of allylic oxidation sites excluding steroid dienone is 2. The molecule has 0 spiro atoms. The Morgan fingerprint density at radius 3 is 2.00 bits per heavy atom. The molecule has 0 radical (unpaired) electrons. The van der Waals surface area contributed by atoms with Crippen molar-refractivity contribution in [3.05, 3.63) is 47.0 Å². The molecule has 0 atom stereocenters. The topological polar surface area (TPSA) is 0 Å². The molecule has 0 heterocycles. The van der Waals surface area contributed by atoms with Gasteiger partial charge in [0.05, 0.1) is 0 Å². The van der Waals surface area contributed by atoms with Crippen LogP contribution in [0.1, 0.15) is 75.3 Å². The summed E-state index contributed by atoms with van der Waals surface area (Å²) in [5.74, 6) is 1.57. The zero-order chi connectivity index (χ0) is 17.1. The molecule has 0 saturated heterocycles. The summed E-state index contributed by atoms with van der Waals surface area (Å²) in [6.45, 7) is 3.78. The van der Waals surface area contributed by atoms with E-state index in [0.717, 1.165) is 36.2 Å².